The van der Waals surface area contributed by atoms with Crippen molar-refractivity contribution in [2.75, 3.05) is 6.61 Å². The number of hydrogen-bond acceptors (Lipinski definition) is 2. The second-order valence-corrected chi connectivity index (χ2v) is 4.03. The smallest absolute Gasteiger partial charge is 0.124 e. The van der Waals surface area contributed by atoms with E-state index in [1.54, 1.807) is 0 Å². The topological polar surface area (TPSA) is 35.2 Å². The van der Waals surface area contributed by atoms with E-state index in [1.165, 1.54) is 5.56 Å². The fourth-order valence-corrected chi connectivity index (χ4v) is 1.48. The molecule has 0 heterocycles. The Morgan fingerprint density at radius 3 is 2.73 bits per heavy atom. The van der Waals surface area contributed by atoms with Gasteiger partial charge in [-0.15, -0.1) is 0 Å². The minimum Gasteiger partial charge on any atom is -0.493 e. The third-order valence-corrected chi connectivity index (χ3v) is 2.41. The fraction of sp³-hybridized carbons (Fsp3) is 0.538. The highest BCUT2D eigenvalue weighted by Gasteiger charge is 2.07. The van der Waals surface area contributed by atoms with E-state index in [9.17, 15) is 0 Å². The van der Waals surface area contributed by atoms with Crippen LogP contribution in [0, 0.1) is 6.92 Å². The van der Waals surface area contributed by atoms with Crippen molar-refractivity contribution in [1.29, 1.82) is 0 Å². The first-order valence-corrected chi connectivity index (χ1v) is 5.64. The summed E-state index contributed by atoms with van der Waals surface area (Å²) in [6.45, 7) is 6.99. The molecule has 0 bridgehead atoms. The third-order valence-electron chi connectivity index (χ3n) is 2.41. The van der Waals surface area contributed by atoms with Crippen LogP contribution in [0.3, 0.4) is 0 Å². The van der Waals surface area contributed by atoms with E-state index in [1.807, 2.05) is 13.0 Å². The summed E-state index contributed by atoms with van der Waals surface area (Å²) in [6.07, 6.45) is 2.24. The summed E-state index contributed by atoms with van der Waals surface area (Å²) >= 11 is 0. The van der Waals surface area contributed by atoms with Crippen LogP contribution in [0.2, 0.25) is 0 Å². The number of ether oxygens (including phenoxy) is 1. The number of rotatable bonds is 5. The predicted molar refractivity (Wildman–Crippen MR) is 64.2 cm³/mol. The van der Waals surface area contributed by atoms with E-state index in [2.05, 4.69) is 26.0 Å². The molecule has 2 nitrogen and oxygen atoms in total. The highest BCUT2D eigenvalue weighted by Crippen LogP contribution is 2.25. The highest BCUT2D eigenvalue weighted by atomic mass is 16.5. The molecule has 0 saturated heterocycles. The van der Waals surface area contributed by atoms with Crippen molar-refractivity contribution < 1.29 is 4.74 Å². The number of unbranched alkanes of at least 4 members (excludes halogenated alkanes) is 1. The van der Waals surface area contributed by atoms with Gasteiger partial charge in [-0.3, -0.25) is 0 Å². The quantitative estimate of drug-likeness (QED) is 0.752. The van der Waals surface area contributed by atoms with Crippen molar-refractivity contribution in [2.45, 2.75) is 39.7 Å². The number of nitrogens with two attached hydrogens (primary N) is 1. The predicted octanol–water partition coefficient (Wildman–Crippen LogP) is 3.19. The minimum atomic E-state index is 0.0292. The average Bonchev–Trinajstić information content (AvgIpc) is 2.20. The first-order valence-electron chi connectivity index (χ1n) is 5.64. The van der Waals surface area contributed by atoms with E-state index < -0.39 is 0 Å². The third kappa shape index (κ3) is 3.56. The zero-order chi connectivity index (χ0) is 11.3. The molecule has 84 valence electrons. The Labute approximate surface area is 92.4 Å². The van der Waals surface area contributed by atoms with Gasteiger partial charge in [0.1, 0.15) is 5.75 Å². The lowest BCUT2D eigenvalue weighted by atomic mass is 10.1. The van der Waals surface area contributed by atoms with Crippen LogP contribution in [0.25, 0.3) is 0 Å². The number of benzene rings is 1. The largest absolute Gasteiger partial charge is 0.493 e. The van der Waals surface area contributed by atoms with Gasteiger partial charge in [-0.1, -0.05) is 31.0 Å². The normalized spacial score (nSPS) is 12.5. The Morgan fingerprint density at radius 1 is 1.40 bits per heavy atom. The van der Waals surface area contributed by atoms with Crippen molar-refractivity contribution in [2.24, 2.45) is 5.73 Å². The summed E-state index contributed by atoms with van der Waals surface area (Å²) < 4.78 is 5.71. The summed E-state index contributed by atoms with van der Waals surface area (Å²) in [4.78, 5) is 0. The van der Waals surface area contributed by atoms with Crippen LogP contribution >= 0.6 is 0 Å². The average molecular weight is 207 g/mol. The van der Waals surface area contributed by atoms with Crippen LogP contribution in [0.4, 0.5) is 0 Å². The van der Waals surface area contributed by atoms with E-state index >= 15 is 0 Å². The zero-order valence-electron chi connectivity index (χ0n) is 9.92. The standard InChI is InChI=1S/C13H21NO/c1-4-5-8-15-13-7-6-10(2)9-12(13)11(3)14/h6-7,9,11H,4-5,8,14H2,1-3H3/t11-/m1/s1. The molecule has 1 atom stereocenters. The maximum atomic E-state index is 5.91. The van der Waals surface area contributed by atoms with Crippen molar-refractivity contribution in [1.82, 2.24) is 0 Å². The Hall–Kier alpha value is -1.02. The van der Waals surface area contributed by atoms with E-state index in [-0.39, 0.29) is 6.04 Å². The highest BCUT2D eigenvalue weighted by molar-refractivity contribution is 5.38. The molecule has 0 unspecified atom stereocenters. The lowest BCUT2D eigenvalue weighted by molar-refractivity contribution is 0.305. The number of aryl methyl sites for hydroxylation is 1. The van der Waals surface area contributed by atoms with Gasteiger partial charge in [-0.05, 0) is 26.3 Å². The van der Waals surface area contributed by atoms with E-state index in [0.717, 1.165) is 30.8 Å². The van der Waals surface area contributed by atoms with Crippen molar-refractivity contribution in [3.8, 4) is 5.75 Å². The van der Waals surface area contributed by atoms with Gasteiger partial charge < -0.3 is 10.5 Å². The van der Waals surface area contributed by atoms with Gasteiger partial charge in [-0.25, -0.2) is 0 Å². The van der Waals surface area contributed by atoms with Crippen LogP contribution in [-0.2, 0) is 0 Å². The summed E-state index contributed by atoms with van der Waals surface area (Å²) in [5, 5.41) is 0. The second-order valence-electron chi connectivity index (χ2n) is 4.03. The molecule has 15 heavy (non-hydrogen) atoms. The van der Waals surface area contributed by atoms with Gasteiger partial charge >= 0.3 is 0 Å². The van der Waals surface area contributed by atoms with Crippen LogP contribution in [0.1, 0.15) is 43.9 Å². The molecule has 1 aromatic rings. The van der Waals surface area contributed by atoms with Crippen LogP contribution in [-0.4, -0.2) is 6.61 Å². The van der Waals surface area contributed by atoms with Crippen LogP contribution in [0.5, 0.6) is 5.75 Å². The summed E-state index contributed by atoms with van der Waals surface area (Å²) in [5.41, 5.74) is 8.24. The first-order chi connectivity index (χ1) is 7.15. The van der Waals surface area contributed by atoms with Crippen molar-refractivity contribution in [3.05, 3.63) is 29.3 Å². The Kier molecular flexibility index (Phi) is 4.63. The van der Waals surface area contributed by atoms with Gasteiger partial charge in [0.2, 0.25) is 0 Å². The molecule has 1 aromatic carbocycles. The van der Waals surface area contributed by atoms with Gasteiger partial charge in [0.15, 0.2) is 0 Å². The molecule has 0 aliphatic rings. The number of hydrogen-bond donors (Lipinski definition) is 1. The SMILES string of the molecule is CCCCOc1ccc(C)cc1[C@@H](C)N. The molecule has 0 fully saturated rings. The summed E-state index contributed by atoms with van der Waals surface area (Å²) in [5.74, 6) is 0.934. The molecule has 2 heteroatoms. The molecule has 0 aliphatic heterocycles. The lowest BCUT2D eigenvalue weighted by Gasteiger charge is -2.14. The Morgan fingerprint density at radius 2 is 2.13 bits per heavy atom. The Balaban J connectivity index is 2.77. The Bertz CT molecular complexity index is 307. The van der Waals surface area contributed by atoms with Crippen molar-refractivity contribution in [3.63, 3.8) is 0 Å². The summed E-state index contributed by atoms with van der Waals surface area (Å²) in [6, 6.07) is 6.21. The first kappa shape index (κ1) is 12.1. The minimum absolute atomic E-state index is 0.0292. The maximum absolute atomic E-state index is 5.91. The molecular weight excluding hydrogens is 186 g/mol. The zero-order valence-corrected chi connectivity index (χ0v) is 9.92. The molecule has 0 aliphatic carbocycles. The van der Waals surface area contributed by atoms with E-state index in [4.69, 9.17) is 10.5 Å². The van der Waals surface area contributed by atoms with Gasteiger partial charge in [0, 0.05) is 11.6 Å². The molecule has 0 saturated carbocycles. The van der Waals surface area contributed by atoms with Crippen LogP contribution < -0.4 is 10.5 Å². The molecule has 1 rings (SSSR count). The monoisotopic (exact) mass is 207 g/mol. The molecule has 2 N–H and O–H groups in total. The second kappa shape index (κ2) is 5.76. The lowest BCUT2D eigenvalue weighted by Crippen LogP contribution is -2.09. The van der Waals surface area contributed by atoms with Gasteiger partial charge in [-0.2, -0.15) is 0 Å². The van der Waals surface area contributed by atoms with E-state index in [0.29, 0.717) is 0 Å². The molecule has 0 amide bonds. The molecule has 0 spiro atoms. The molecule has 0 aromatic heterocycles. The molecule has 0 radical (unpaired) electrons. The van der Waals surface area contributed by atoms with Gasteiger partial charge in [0.25, 0.3) is 0 Å². The van der Waals surface area contributed by atoms with Gasteiger partial charge in [0.05, 0.1) is 6.61 Å². The molecular formula is C13H21NO. The van der Waals surface area contributed by atoms with Crippen molar-refractivity contribution >= 4 is 0 Å². The van der Waals surface area contributed by atoms with Crippen LogP contribution in [0.15, 0.2) is 18.2 Å². The maximum Gasteiger partial charge on any atom is 0.124 e. The fourth-order valence-electron chi connectivity index (χ4n) is 1.48. The summed E-state index contributed by atoms with van der Waals surface area (Å²) in [7, 11) is 0.